The maximum atomic E-state index is 12.6. The van der Waals surface area contributed by atoms with Crippen LogP contribution in [0.25, 0.3) is 0 Å². The van der Waals surface area contributed by atoms with Crippen LogP contribution in [0.15, 0.2) is 24.3 Å². The van der Waals surface area contributed by atoms with Gasteiger partial charge in [-0.2, -0.15) is 0 Å². The third kappa shape index (κ3) is 42.6. The second-order valence-corrected chi connectivity index (χ2v) is 17.6. The monoisotopic (exact) mass is 845 g/mol. The number of aliphatic hydroxyl groups excluding tert-OH is 2. The first-order valence-electron chi connectivity index (χ1n) is 23.8. The molecule has 0 aromatic rings. The molecule has 3 N–H and O–H groups in total. The average molecular weight is 845 g/mol. The van der Waals surface area contributed by atoms with E-state index in [1.807, 2.05) is 0 Å². The van der Waals surface area contributed by atoms with Gasteiger partial charge in [0, 0.05) is 12.8 Å². The number of rotatable bonds is 45. The summed E-state index contributed by atoms with van der Waals surface area (Å²) in [6.45, 7) is 2.38. The van der Waals surface area contributed by atoms with Crippen LogP contribution in [0.3, 0.4) is 0 Å². The first-order valence-corrected chi connectivity index (χ1v) is 25.3. The van der Waals surface area contributed by atoms with Crippen molar-refractivity contribution in [1.29, 1.82) is 0 Å². The van der Waals surface area contributed by atoms with Crippen LogP contribution < -0.4 is 0 Å². The van der Waals surface area contributed by atoms with E-state index in [1.165, 1.54) is 135 Å². The van der Waals surface area contributed by atoms with Crippen LogP contribution in [-0.4, -0.2) is 65.7 Å². The van der Waals surface area contributed by atoms with Crippen LogP contribution in [0.1, 0.15) is 226 Å². The molecule has 0 aromatic heterocycles. The molecule has 0 spiro atoms. The molecular weight excluding hydrogens is 755 g/mol. The third-order valence-corrected chi connectivity index (χ3v) is 11.3. The zero-order valence-electron chi connectivity index (χ0n) is 37.3. The molecule has 3 atom stereocenters. The van der Waals surface area contributed by atoms with Gasteiger partial charge in [-0.05, 0) is 44.9 Å². The van der Waals surface area contributed by atoms with E-state index < -0.39 is 51.8 Å². The Morgan fingerprint density at radius 3 is 1.36 bits per heavy atom. The van der Waals surface area contributed by atoms with E-state index in [4.69, 9.17) is 23.6 Å². The fourth-order valence-corrected chi connectivity index (χ4v) is 7.46. The summed E-state index contributed by atoms with van der Waals surface area (Å²) in [5.41, 5.74) is 0. The van der Waals surface area contributed by atoms with E-state index in [1.54, 1.807) is 0 Å². The lowest BCUT2D eigenvalue weighted by Crippen LogP contribution is -2.29. The summed E-state index contributed by atoms with van der Waals surface area (Å²) < 4.78 is 32.8. The molecule has 0 aliphatic rings. The van der Waals surface area contributed by atoms with E-state index in [0.717, 1.165) is 51.4 Å². The van der Waals surface area contributed by atoms with Crippen molar-refractivity contribution in [3.63, 3.8) is 0 Å². The van der Waals surface area contributed by atoms with Gasteiger partial charge in [0.1, 0.15) is 12.7 Å². The number of phosphoric ester groups is 1. The van der Waals surface area contributed by atoms with Crippen LogP contribution >= 0.6 is 7.82 Å². The summed E-state index contributed by atoms with van der Waals surface area (Å²) in [5.74, 6) is -0.923. The van der Waals surface area contributed by atoms with Gasteiger partial charge in [0.15, 0.2) is 6.10 Å². The molecule has 0 heterocycles. The molecule has 0 saturated heterocycles. The summed E-state index contributed by atoms with van der Waals surface area (Å²) in [6, 6.07) is 0. The second-order valence-electron chi connectivity index (χ2n) is 16.1. The molecule has 0 aliphatic heterocycles. The number of esters is 2. The fraction of sp³-hybridized carbons (Fsp3) is 0.872. The Balaban J connectivity index is 4.22. The number of aliphatic hydroxyl groups is 2. The molecule has 342 valence electrons. The molecule has 0 bridgehead atoms. The van der Waals surface area contributed by atoms with E-state index in [0.29, 0.717) is 12.8 Å². The third-order valence-electron chi connectivity index (χ3n) is 10.4. The molecular formula is C47H89O10P. The first kappa shape index (κ1) is 56.5. The van der Waals surface area contributed by atoms with Crippen molar-refractivity contribution in [2.24, 2.45) is 0 Å². The second kappa shape index (κ2) is 43.5. The quantitative estimate of drug-likeness (QED) is 0.0234. The summed E-state index contributed by atoms with van der Waals surface area (Å²) >= 11 is 0. The topological polar surface area (TPSA) is 149 Å². The molecule has 0 amide bonds. The zero-order valence-corrected chi connectivity index (χ0v) is 38.2. The van der Waals surface area contributed by atoms with Crippen LogP contribution in [0, 0.1) is 0 Å². The van der Waals surface area contributed by atoms with Crippen molar-refractivity contribution in [3.05, 3.63) is 24.3 Å². The predicted molar refractivity (Wildman–Crippen MR) is 238 cm³/mol. The van der Waals surface area contributed by atoms with Crippen molar-refractivity contribution in [2.75, 3.05) is 26.4 Å². The van der Waals surface area contributed by atoms with E-state index in [-0.39, 0.29) is 19.4 Å². The molecule has 0 radical (unpaired) electrons. The fourth-order valence-electron chi connectivity index (χ4n) is 6.67. The highest BCUT2D eigenvalue weighted by molar-refractivity contribution is 7.47. The SMILES string of the molecule is CCCCC/C=C\C/C=C\CCCCCCCCCC(=O)O[C@H](COC(=O)CCCCCCCCCCCCCCCCCCCC)COP(=O)(O)OC[C@@H](O)CO. The maximum Gasteiger partial charge on any atom is 0.472 e. The van der Waals surface area contributed by atoms with Crippen LogP contribution in [-0.2, 0) is 32.7 Å². The lowest BCUT2D eigenvalue weighted by Gasteiger charge is -2.20. The Labute approximate surface area is 355 Å². The number of phosphoric acid groups is 1. The Morgan fingerprint density at radius 1 is 0.517 bits per heavy atom. The number of unbranched alkanes of at least 4 members (excludes halogenated alkanes) is 27. The number of hydrogen-bond acceptors (Lipinski definition) is 9. The van der Waals surface area contributed by atoms with Gasteiger partial charge in [-0.1, -0.05) is 192 Å². The molecule has 1 unspecified atom stereocenters. The zero-order chi connectivity index (χ0) is 42.6. The van der Waals surface area contributed by atoms with Gasteiger partial charge in [-0.25, -0.2) is 4.57 Å². The van der Waals surface area contributed by atoms with Gasteiger partial charge in [0.25, 0.3) is 0 Å². The van der Waals surface area contributed by atoms with Crippen LogP contribution in [0.5, 0.6) is 0 Å². The Morgan fingerprint density at radius 2 is 0.897 bits per heavy atom. The Hall–Kier alpha value is -1.55. The summed E-state index contributed by atoms with van der Waals surface area (Å²) in [7, 11) is -4.62. The Bertz CT molecular complexity index is 1020. The van der Waals surface area contributed by atoms with Gasteiger partial charge in [0.05, 0.1) is 19.8 Å². The smallest absolute Gasteiger partial charge is 0.462 e. The molecule has 0 rings (SSSR count). The maximum absolute atomic E-state index is 12.6. The van der Waals surface area contributed by atoms with Crippen molar-refractivity contribution in [2.45, 2.75) is 238 Å². The van der Waals surface area contributed by atoms with Crippen molar-refractivity contribution in [1.82, 2.24) is 0 Å². The largest absolute Gasteiger partial charge is 0.472 e. The summed E-state index contributed by atoms with van der Waals surface area (Å²) in [5, 5.41) is 18.4. The highest BCUT2D eigenvalue weighted by atomic mass is 31.2. The van der Waals surface area contributed by atoms with Crippen molar-refractivity contribution in [3.8, 4) is 0 Å². The number of allylic oxidation sites excluding steroid dienone is 4. The number of carbonyl (C=O) groups is 2. The van der Waals surface area contributed by atoms with Gasteiger partial charge in [-0.15, -0.1) is 0 Å². The van der Waals surface area contributed by atoms with Crippen LogP contribution in [0.2, 0.25) is 0 Å². The minimum absolute atomic E-state index is 0.178. The summed E-state index contributed by atoms with van der Waals surface area (Å²) in [6.07, 6.45) is 44.2. The van der Waals surface area contributed by atoms with E-state index in [2.05, 4.69) is 38.2 Å². The molecule has 0 aliphatic carbocycles. The van der Waals surface area contributed by atoms with Gasteiger partial charge >= 0.3 is 19.8 Å². The van der Waals surface area contributed by atoms with Gasteiger partial charge in [0.2, 0.25) is 0 Å². The molecule has 58 heavy (non-hydrogen) atoms. The number of carbonyl (C=O) groups excluding carboxylic acids is 2. The van der Waals surface area contributed by atoms with Gasteiger partial charge in [-0.3, -0.25) is 18.6 Å². The lowest BCUT2D eigenvalue weighted by atomic mass is 10.0. The minimum Gasteiger partial charge on any atom is -0.462 e. The summed E-state index contributed by atoms with van der Waals surface area (Å²) in [4.78, 5) is 35.1. The molecule has 0 saturated carbocycles. The normalized spacial score (nSPS) is 13.9. The Kier molecular flexibility index (Phi) is 42.4. The van der Waals surface area contributed by atoms with Crippen molar-refractivity contribution < 1.29 is 47.8 Å². The minimum atomic E-state index is -4.62. The lowest BCUT2D eigenvalue weighted by molar-refractivity contribution is -0.161. The highest BCUT2D eigenvalue weighted by Crippen LogP contribution is 2.43. The van der Waals surface area contributed by atoms with E-state index in [9.17, 15) is 24.2 Å². The predicted octanol–water partition coefficient (Wildman–Crippen LogP) is 13.0. The van der Waals surface area contributed by atoms with Crippen LogP contribution in [0.4, 0.5) is 0 Å². The molecule has 0 aromatic carbocycles. The number of hydrogen-bond donors (Lipinski definition) is 3. The molecule has 0 fully saturated rings. The van der Waals surface area contributed by atoms with Gasteiger partial charge < -0.3 is 24.6 Å². The van der Waals surface area contributed by atoms with E-state index >= 15 is 0 Å². The average Bonchev–Trinajstić information content (AvgIpc) is 3.21. The highest BCUT2D eigenvalue weighted by Gasteiger charge is 2.27. The first-order chi connectivity index (χ1) is 28.2. The van der Waals surface area contributed by atoms with Crippen molar-refractivity contribution >= 4 is 19.8 Å². The molecule has 11 heteroatoms. The molecule has 10 nitrogen and oxygen atoms in total. The number of ether oxygens (including phenoxy) is 2. The standard InChI is InChI=1S/C47H89O10P/c1-3-5-7-9-11-13-15-17-19-21-23-24-26-28-30-32-34-36-38-46(50)54-42-45(43-56-58(52,53)55-41-44(49)40-48)57-47(51)39-37-35-33-31-29-27-25-22-20-18-16-14-12-10-8-6-4-2/h12,14,18,20,44-45,48-49H,3-11,13,15-17,19,21-43H2,1-2H3,(H,52,53)/b14-12-,20-18-/t44-,45+/m0/s1.